The Kier molecular flexibility index (Phi) is 5.84. The molecule has 158 valence electrons. The molecule has 2 N–H and O–H groups in total. The maximum absolute atomic E-state index is 13.4. The van der Waals surface area contributed by atoms with Crippen molar-refractivity contribution in [2.24, 2.45) is 0 Å². The number of hydrogen-bond acceptors (Lipinski definition) is 4. The summed E-state index contributed by atoms with van der Waals surface area (Å²) in [5.41, 5.74) is 1.03. The number of nitrogens with zero attached hydrogens (tertiary/aromatic N) is 1. The number of fused-ring (bicyclic) bond motifs is 1. The van der Waals surface area contributed by atoms with E-state index in [2.05, 4.69) is 10.6 Å². The summed E-state index contributed by atoms with van der Waals surface area (Å²) in [5, 5.41) is 7.30. The van der Waals surface area contributed by atoms with Crippen LogP contribution in [-0.4, -0.2) is 48.9 Å². The van der Waals surface area contributed by atoms with Crippen LogP contribution in [-0.2, 0) is 9.59 Å². The first-order chi connectivity index (χ1) is 15.1. The minimum atomic E-state index is -0.894. The fraction of sp³-hybridized carbons (Fsp3) is 0.208. The zero-order valence-corrected chi connectivity index (χ0v) is 17.1. The van der Waals surface area contributed by atoms with Crippen LogP contribution in [0.15, 0.2) is 66.7 Å². The number of benzene rings is 3. The number of methoxy groups -OCH3 is 1. The van der Waals surface area contributed by atoms with E-state index in [0.29, 0.717) is 30.1 Å². The Bertz CT molecular complexity index is 1140. The first-order valence-corrected chi connectivity index (χ1v) is 10.1. The number of para-hydroxylation sites is 2. The van der Waals surface area contributed by atoms with Crippen molar-refractivity contribution in [2.45, 2.75) is 12.5 Å². The fourth-order valence-electron chi connectivity index (χ4n) is 3.85. The fourth-order valence-corrected chi connectivity index (χ4v) is 3.85. The average Bonchev–Trinajstić information content (AvgIpc) is 2.80. The van der Waals surface area contributed by atoms with E-state index in [1.54, 1.807) is 30.3 Å². The van der Waals surface area contributed by atoms with E-state index in [0.717, 1.165) is 10.8 Å². The van der Waals surface area contributed by atoms with E-state index < -0.39 is 6.04 Å². The molecule has 1 aliphatic heterocycles. The topological polar surface area (TPSA) is 87.7 Å². The largest absolute Gasteiger partial charge is 0.495 e. The molecule has 1 aliphatic rings. The Morgan fingerprint density at radius 3 is 2.65 bits per heavy atom. The molecule has 1 heterocycles. The smallest absolute Gasteiger partial charge is 0.255 e. The minimum Gasteiger partial charge on any atom is -0.495 e. The number of carbonyl (C=O) groups excluding carboxylic acids is 3. The third-order valence-corrected chi connectivity index (χ3v) is 5.37. The zero-order chi connectivity index (χ0) is 21.8. The van der Waals surface area contributed by atoms with Gasteiger partial charge in [-0.3, -0.25) is 14.4 Å². The predicted octanol–water partition coefficient (Wildman–Crippen LogP) is 2.82. The van der Waals surface area contributed by atoms with Gasteiger partial charge in [0.15, 0.2) is 0 Å². The lowest BCUT2D eigenvalue weighted by atomic mass is 10.0. The van der Waals surface area contributed by atoms with Gasteiger partial charge < -0.3 is 20.3 Å². The van der Waals surface area contributed by atoms with Gasteiger partial charge in [0.05, 0.1) is 19.2 Å². The summed E-state index contributed by atoms with van der Waals surface area (Å²) in [6.07, 6.45) is -0.152. The van der Waals surface area contributed by atoms with Crippen LogP contribution in [0.25, 0.3) is 10.8 Å². The summed E-state index contributed by atoms with van der Waals surface area (Å²) in [6.45, 7) is 0.681. The van der Waals surface area contributed by atoms with Gasteiger partial charge in [-0.15, -0.1) is 0 Å². The van der Waals surface area contributed by atoms with E-state index in [9.17, 15) is 14.4 Å². The van der Waals surface area contributed by atoms with Crippen LogP contribution < -0.4 is 15.4 Å². The molecule has 0 spiro atoms. The third-order valence-electron chi connectivity index (χ3n) is 5.37. The molecular weight excluding hydrogens is 394 g/mol. The second-order valence-electron chi connectivity index (χ2n) is 7.28. The van der Waals surface area contributed by atoms with Crippen LogP contribution in [0.1, 0.15) is 16.8 Å². The molecule has 1 atom stereocenters. The van der Waals surface area contributed by atoms with Crippen molar-refractivity contribution < 1.29 is 19.1 Å². The second-order valence-corrected chi connectivity index (χ2v) is 7.28. The maximum atomic E-state index is 13.4. The molecule has 0 bridgehead atoms. The van der Waals surface area contributed by atoms with Gasteiger partial charge in [0, 0.05) is 18.7 Å². The number of rotatable bonds is 5. The van der Waals surface area contributed by atoms with E-state index >= 15 is 0 Å². The van der Waals surface area contributed by atoms with Crippen LogP contribution in [0.3, 0.4) is 0 Å². The Hall–Kier alpha value is -3.87. The Morgan fingerprint density at radius 2 is 1.81 bits per heavy atom. The molecule has 3 aromatic carbocycles. The molecule has 3 aromatic rings. The number of amides is 3. The summed E-state index contributed by atoms with van der Waals surface area (Å²) in [7, 11) is 1.52. The van der Waals surface area contributed by atoms with Crippen molar-refractivity contribution >= 4 is 34.2 Å². The van der Waals surface area contributed by atoms with Gasteiger partial charge in [0.1, 0.15) is 11.8 Å². The SMILES string of the molecule is COc1ccccc1NC(=O)CC1C(=O)NCCN1C(=O)c1cccc2ccccc12. The Balaban J connectivity index is 1.57. The van der Waals surface area contributed by atoms with Gasteiger partial charge in [-0.2, -0.15) is 0 Å². The molecule has 4 rings (SSSR count). The average molecular weight is 417 g/mol. The van der Waals surface area contributed by atoms with E-state index in [4.69, 9.17) is 4.74 Å². The highest BCUT2D eigenvalue weighted by atomic mass is 16.5. The predicted molar refractivity (Wildman–Crippen MR) is 118 cm³/mol. The lowest BCUT2D eigenvalue weighted by Crippen LogP contribution is -2.58. The molecule has 0 aliphatic carbocycles. The molecule has 0 aromatic heterocycles. The molecule has 0 radical (unpaired) electrons. The molecule has 31 heavy (non-hydrogen) atoms. The van der Waals surface area contributed by atoms with Crippen LogP contribution in [0, 0.1) is 0 Å². The molecule has 1 saturated heterocycles. The van der Waals surface area contributed by atoms with Crippen molar-refractivity contribution in [3.63, 3.8) is 0 Å². The lowest BCUT2D eigenvalue weighted by Gasteiger charge is -2.35. The normalized spacial score (nSPS) is 16.0. The molecular formula is C24H23N3O4. The van der Waals surface area contributed by atoms with Gasteiger partial charge in [-0.05, 0) is 29.0 Å². The lowest BCUT2D eigenvalue weighted by molar-refractivity contribution is -0.131. The van der Waals surface area contributed by atoms with Crippen molar-refractivity contribution in [3.8, 4) is 5.75 Å². The molecule has 7 nitrogen and oxygen atoms in total. The highest BCUT2D eigenvalue weighted by Crippen LogP contribution is 2.25. The summed E-state index contributed by atoms with van der Waals surface area (Å²) in [6, 6.07) is 19.3. The number of nitrogens with one attached hydrogen (secondary N) is 2. The number of anilines is 1. The van der Waals surface area contributed by atoms with Gasteiger partial charge in [0.2, 0.25) is 11.8 Å². The third kappa shape index (κ3) is 4.21. The van der Waals surface area contributed by atoms with Crippen LogP contribution in [0.5, 0.6) is 5.75 Å². The zero-order valence-electron chi connectivity index (χ0n) is 17.1. The van der Waals surface area contributed by atoms with Crippen molar-refractivity contribution in [2.75, 3.05) is 25.5 Å². The number of ether oxygens (including phenoxy) is 1. The molecule has 0 saturated carbocycles. The second kappa shape index (κ2) is 8.87. The first kappa shape index (κ1) is 20.4. The highest BCUT2D eigenvalue weighted by molar-refractivity contribution is 6.09. The highest BCUT2D eigenvalue weighted by Gasteiger charge is 2.35. The van der Waals surface area contributed by atoms with E-state index in [-0.39, 0.29) is 24.1 Å². The van der Waals surface area contributed by atoms with Gasteiger partial charge in [0.25, 0.3) is 5.91 Å². The molecule has 1 fully saturated rings. The summed E-state index contributed by atoms with van der Waals surface area (Å²) < 4.78 is 5.26. The van der Waals surface area contributed by atoms with E-state index in [1.807, 2.05) is 36.4 Å². The quantitative estimate of drug-likeness (QED) is 0.668. The van der Waals surface area contributed by atoms with Crippen LogP contribution in [0.4, 0.5) is 5.69 Å². The molecule has 1 unspecified atom stereocenters. The number of carbonyl (C=O) groups is 3. The summed E-state index contributed by atoms with van der Waals surface area (Å²) in [4.78, 5) is 40.2. The monoisotopic (exact) mass is 417 g/mol. The van der Waals surface area contributed by atoms with Crippen LogP contribution >= 0.6 is 0 Å². The van der Waals surface area contributed by atoms with Gasteiger partial charge in [-0.1, -0.05) is 48.5 Å². The minimum absolute atomic E-state index is 0.152. The van der Waals surface area contributed by atoms with E-state index in [1.165, 1.54) is 12.0 Å². The standard InChI is InChI=1S/C24H23N3O4/c1-31-21-12-5-4-11-19(21)26-22(28)15-20-23(29)25-13-14-27(20)24(30)18-10-6-8-16-7-2-3-9-17(16)18/h2-12,20H,13-15H2,1H3,(H,25,29)(H,26,28). The van der Waals surface area contributed by atoms with Crippen molar-refractivity contribution in [1.29, 1.82) is 0 Å². The first-order valence-electron chi connectivity index (χ1n) is 10.1. The molecule has 3 amide bonds. The van der Waals surface area contributed by atoms with Gasteiger partial charge >= 0.3 is 0 Å². The number of hydrogen-bond donors (Lipinski definition) is 2. The Labute approximate surface area is 180 Å². The number of piperazine rings is 1. The van der Waals surface area contributed by atoms with Crippen molar-refractivity contribution in [1.82, 2.24) is 10.2 Å². The summed E-state index contributed by atoms with van der Waals surface area (Å²) in [5.74, 6) is -0.452. The van der Waals surface area contributed by atoms with Crippen LogP contribution in [0.2, 0.25) is 0 Å². The molecule has 7 heteroatoms. The van der Waals surface area contributed by atoms with Crippen molar-refractivity contribution in [3.05, 3.63) is 72.3 Å². The Morgan fingerprint density at radius 1 is 1.06 bits per heavy atom. The summed E-state index contributed by atoms with van der Waals surface area (Å²) >= 11 is 0. The van der Waals surface area contributed by atoms with Gasteiger partial charge in [-0.25, -0.2) is 0 Å². The maximum Gasteiger partial charge on any atom is 0.255 e.